The van der Waals surface area contributed by atoms with Crippen molar-refractivity contribution in [1.82, 2.24) is 4.31 Å². The van der Waals surface area contributed by atoms with Crippen molar-refractivity contribution in [3.63, 3.8) is 0 Å². The first-order chi connectivity index (χ1) is 9.04. The number of fused-ring (bicyclic) bond motifs is 2. The fourth-order valence-electron chi connectivity index (χ4n) is 3.41. The molecule has 0 spiro atoms. The van der Waals surface area contributed by atoms with E-state index in [4.69, 9.17) is 0 Å². The second kappa shape index (κ2) is 4.58. The van der Waals surface area contributed by atoms with Crippen LogP contribution in [0.3, 0.4) is 0 Å². The van der Waals surface area contributed by atoms with Crippen LogP contribution in [-0.4, -0.2) is 30.4 Å². The van der Waals surface area contributed by atoms with E-state index in [1.54, 1.807) is 29.4 Å². The van der Waals surface area contributed by atoms with Gasteiger partial charge in [0.1, 0.15) is 0 Å². The summed E-state index contributed by atoms with van der Waals surface area (Å²) in [5.41, 5.74) is 1.36. The molecule has 1 heterocycles. The Balaban J connectivity index is 2.01. The number of benzene rings is 1. The number of piperidine rings is 1. The molecule has 1 aliphatic heterocycles. The number of hydrogen-bond acceptors (Lipinski definition) is 3. The highest BCUT2D eigenvalue weighted by Crippen LogP contribution is 2.41. The lowest BCUT2D eigenvalue weighted by Crippen LogP contribution is -2.38. The second-order valence-corrected chi connectivity index (χ2v) is 7.46. The van der Waals surface area contributed by atoms with Crippen molar-refractivity contribution in [1.29, 1.82) is 0 Å². The molecule has 19 heavy (non-hydrogen) atoms. The van der Waals surface area contributed by atoms with Crippen LogP contribution in [0, 0.1) is 12.8 Å². The van der Waals surface area contributed by atoms with Gasteiger partial charge in [0.15, 0.2) is 0 Å². The van der Waals surface area contributed by atoms with Gasteiger partial charge in [0, 0.05) is 12.6 Å². The van der Waals surface area contributed by atoms with Crippen LogP contribution in [0.4, 0.5) is 0 Å². The van der Waals surface area contributed by atoms with Crippen molar-refractivity contribution in [3.05, 3.63) is 29.3 Å². The summed E-state index contributed by atoms with van der Waals surface area (Å²) in [6.07, 6.45) is 3.16. The second-order valence-electron chi connectivity index (χ2n) is 5.61. The van der Waals surface area contributed by atoms with Crippen LogP contribution in [0.15, 0.2) is 23.1 Å². The number of aliphatic hydroxyl groups excluding tert-OH is 1. The maximum absolute atomic E-state index is 12.8. The van der Waals surface area contributed by atoms with Crippen molar-refractivity contribution in [3.8, 4) is 0 Å². The van der Waals surface area contributed by atoms with Crippen LogP contribution in [0.2, 0.25) is 0 Å². The summed E-state index contributed by atoms with van der Waals surface area (Å²) in [6, 6.07) is 5.31. The average molecular weight is 281 g/mol. The first-order valence-electron chi connectivity index (χ1n) is 6.75. The van der Waals surface area contributed by atoms with E-state index in [2.05, 4.69) is 0 Å². The third kappa shape index (κ3) is 2.00. The molecule has 104 valence electrons. The van der Waals surface area contributed by atoms with E-state index in [1.807, 2.05) is 0 Å². The number of aliphatic hydroxyl groups is 1. The molecule has 0 radical (unpaired) electrons. The van der Waals surface area contributed by atoms with Crippen LogP contribution >= 0.6 is 0 Å². The SMILES string of the molecule is Cc1c(CO)cccc1S(=O)(=O)N1CC2CCC1C2. The highest BCUT2D eigenvalue weighted by Gasteiger charge is 2.44. The maximum atomic E-state index is 12.8. The summed E-state index contributed by atoms with van der Waals surface area (Å²) in [6.45, 7) is 2.31. The van der Waals surface area contributed by atoms with Crippen LogP contribution in [-0.2, 0) is 16.6 Å². The molecule has 0 aromatic heterocycles. The largest absolute Gasteiger partial charge is 0.392 e. The van der Waals surface area contributed by atoms with Gasteiger partial charge in [0.2, 0.25) is 10.0 Å². The Morgan fingerprint density at radius 2 is 2.16 bits per heavy atom. The smallest absolute Gasteiger partial charge is 0.243 e. The van der Waals surface area contributed by atoms with Crippen LogP contribution in [0.25, 0.3) is 0 Å². The van der Waals surface area contributed by atoms with E-state index < -0.39 is 10.0 Å². The molecular weight excluding hydrogens is 262 g/mol. The van der Waals surface area contributed by atoms with Gasteiger partial charge in [0.25, 0.3) is 0 Å². The van der Waals surface area contributed by atoms with Gasteiger partial charge in [0.05, 0.1) is 11.5 Å². The molecular formula is C14H19NO3S. The minimum absolute atomic E-state index is 0.124. The van der Waals surface area contributed by atoms with Crippen molar-refractivity contribution in [2.75, 3.05) is 6.54 Å². The standard InChI is InChI=1S/C14H19NO3S/c1-10-12(9-16)3-2-4-14(10)19(17,18)15-8-11-5-6-13(15)7-11/h2-4,11,13,16H,5-9H2,1H3. The van der Waals surface area contributed by atoms with E-state index in [9.17, 15) is 13.5 Å². The van der Waals surface area contributed by atoms with Crippen molar-refractivity contribution in [2.45, 2.75) is 43.7 Å². The minimum atomic E-state index is -3.41. The molecule has 1 aromatic rings. The number of sulfonamides is 1. The molecule has 2 aliphatic rings. The molecule has 2 unspecified atom stereocenters. The normalized spacial score (nSPS) is 27.1. The van der Waals surface area contributed by atoms with Gasteiger partial charge < -0.3 is 5.11 Å². The Labute approximate surface area is 114 Å². The van der Waals surface area contributed by atoms with E-state index in [1.165, 1.54) is 0 Å². The molecule has 1 aliphatic carbocycles. The zero-order chi connectivity index (χ0) is 13.6. The van der Waals surface area contributed by atoms with E-state index >= 15 is 0 Å². The van der Waals surface area contributed by atoms with Crippen LogP contribution in [0.5, 0.6) is 0 Å². The lowest BCUT2D eigenvalue weighted by Gasteiger charge is -2.27. The Kier molecular flexibility index (Phi) is 3.15. The number of hydrogen-bond donors (Lipinski definition) is 1. The lowest BCUT2D eigenvalue weighted by molar-refractivity contribution is 0.280. The topological polar surface area (TPSA) is 57.6 Å². The first-order valence-corrected chi connectivity index (χ1v) is 8.19. The minimum Gasteiger partial charge on any atom is -0.392 e. The van der Waals surface area contributed by atoms with Crippen molar-refractivity contribution < 1.29 is 13.5 Å². The van der Waals surface area contributed by atoms with E-state index in [-0.39, 0.29) is 12.6 Å². The zero-order valence-electron chi connectivity index (χ0n) is 11.0. The van der Waals surface area contributed by atoms with Gasteiger partial charge in [-0.2, -0.15) is 4.31 Å². The molecule has 1 N–H and O–H groups in total. The maximum Gasteiger partial charge on any atom is 0.243 e. The van der Waals surface area contributed by atoms with E-state index in [0.29, 0.717) is 28.5 Å². The average Bonchev–Trinajstić information content (AvgIpc) is 3.01. The molecule has 1 saturated heterocycles. The van der Waals surface area contributed by atoms with Gasteiger partial charge in [-0.05, 0) is 49.3 Å². The molecule has 0 amide bonds. The van der Waals surface area contributed by atoms with Crippen molar-refractivity contribution in [2.24, 2.45) is 5.92 Å². The fraction of sp³-hybridized carbons (Fsp3) is 0.571. The molecule has 2 fully saturated rings. The Hall–Kier alpha value is -0.910. The fourth-order valence-corrected chi connectivity index (χ4v) is 5.42. The highest BCUT2D eigenvalue weighted by molar-refractivity contribution is 7.89. The third-order valence-electron chi connectivity index (χ3n) is 4.51. The van der Waals surface area contributed by atoms with Gasteiger partial charge in [-0.25, -0.2) is 8.42 Å². The zero-order valence-corrected chi connectivity index (χ0v) is 11.9. The summed E-state index contributed by atoms with van der Waals surface area (Å²) in [5, 5.41) is 9.27. The lowest BCUT2D eigenvalue weighted by atomic mass is 10.1. The van der Waals surface area contributed by atoms with Gasteiger partial charge in [-0.15, -0.1) is 0 Å². The van der Waals surface area contributed by atoms with Crippen LogP contribution < -0.4 is 0 Å². The number of nitrogens with zero attached hydrogens (tertiary/aromatic N) is 1. The quantitative estimate of drug-likeness (QED) is 0.916. The summed E-state index contributed by atoms with van der Waals surface area (Å²) in [5.74, 6) is 0.543. The predicted molar refractivity (Wildman–Crippen MR) is 72.1 cm³/mol. The molecule has 2 atom stereocenters. The van der Waals surface area contributed by atoms with Crippen molar-refractivity contribution >= 4 is 10.0 Å². The Bertz CT molecular complexity index is 597. The monoisotopic (exact) mass is 281 g/mol. The van der Waals surface area contributed by atoms with Crippen LogP contribution in [0.1, 0.15) is 30.4 Å². The molecule has 4 nitrogen and oxygen atoms in total. The van der Waals surface area contributed by atoms with Gasteiger partial charge in [-0.3, -0.25) is 0 Å². The third-order valence-corrected chi connectivity index (χ3v) is 6.57. The summed E-state index contributed by atoms with van der Waals surface area (Å²) in [7, 11) is -3.41. The Morgan fingerprint density at radius 3 is 2.74 bits per heavy atom. The molecule has 5 heteroatoms. The summed E-state index contributed by atoms with van der Waals surface area (Å²) < 4.78 is 27.2. The highest BCUT2D eigenvalue weighted by atomic mass is 32.2. The summed E-state index contributed by atoms with van der Waals surface area (Å²) in [4.78, 5) is 0.353. The van der Waals surface area contributed by atoms with Gasteiger partial charge in [-0.1, -0.05) is 12.1 Å². The number of rotatable bonds is 3. The molecule has 2 bridgehead atoms. The molecule has 1 aromatic carbocycles. The molecule has 1 saturated carbocycles. The van der Waals surface area contributed by atoms with Gasteiger partial charge >= 0.3 is 0 Å². The Morgan fingerprint density at radius 1 is 1.37 bits per heavy atom. The molecule has 3 rings (SSSR count). The summed E-state index contributed by atoms with van der Waals surface area (Å²) >= 11 is 0. The first kappa shape index (κ1) is 13.1. The predicted octanol–water partition coefficient (Wildman–Crippen LogP) is 1.66. The van der Waals surface area contributed by atoms with E-state index in [0.717, 1.165) is 19.3 Å².